The Balaban J connectivity index is 2.41. The number of aryl methyl sites for hydroxylation is 1. The zero-order chi connectivity index (χ0) is 14.9. The standard InChI is InChI=1S/C14H13F3N2O/c1-7-5-8(6-19-12(7)14(16)17)13(20)9-3-2-4-10(15)11(9)18/h2-6,13-14,20H,18H2,1H3. The molecule has 0 fully saturated rings. The highest BCUT2D eigenvalue weighted by atomic mass is 19.3. The van der Waals surface area contributed by atoms with Gasteiger partial charge in [0, 0.05) is 17.3 Å². The summed E-state index contributed by atoms with van der Waals surface area (Å²) in [7, 11) is 0. The average Bonchev–Trinajstić information content (AvgIpc) is 2.40. The Kier molecular flexibility index (Phi) is 3.94. The SMILES string of the molecule is Cc1cc(C(O)c2cccc(F)c2N)cnc1C(F)F. The first-order chi connectivity index (χ1) is 9.41. The molecule has 106 valence electrons. The molecule has 0 spiro atoms. The highest BCUT2D eigenvalue weighted by Crippen LogP contribution is 2.30. The third-order valence-electron chi connectivity index (χ3n) is 3.04. The summed E-state index contributed by atoms with van der Waals surface area (Å²) in [6.45, 7) is 1.47. The number of aromatic nitrogens is 1. The molecule has 1 unspecified atom stereocenters. The van der Waals surface area contributed by atoms with Crippen molar-refractivity contribution in [3.8, 4) is 0 Å². The van der Waals surface area contributed by atoms with Crippen LogP contribution in [0.4, 0.5) is 18.9 Å². The van der Waals surface area contributed by atoms with Crippen LogP contribution >= 0.6 is 0 Å². The van der Waals surface area contributed by atoms with Crippen LogP contribution in [0.2, 0.25) is 0 Å². The van der Waals surface area contributed by atoms with E-state index in [1.54, 1.807) is 0 Å². The lowest BCUT2D eigenvalue weighted by Gasteiger charge is -2.15. The first-order valence-corrected chi connectivity index (χ1v) is 5.88. The zero-order valence-corrected chi connectivity index (χ0v) is 10.6. The van der Waals surface area contributed by atoms with Crippen LogP contribution in [0.3, 0.4) is 0 Å². The molecule has 0 aliphatic carbocycles. The Labute approximate surface area is 113 Å². The molecule has 1 atom stereocenters. The minimum absolute atomic E-state index is 0.171. The highest BCUT2D eigenvalue weighted by Gasteiger charge is 2.19. The highest BCUT2D eigenvalue weighted by molar-refractivity contribution is 5.51. The molecule has 6 heteroatoms. The van der Waals surface area contributed by atoms with Gasteiger partial charge in [-0.05, 0) is 24.6 Å². The summed E-state index contributed by atoms with van der Waals surface area (Å²) in [6.07, 6.45) is -2.76. The molecule has 0 aliphatic heterocycles. The lowest BCUT2D eigenvalue weighted by atomic mass is 9.99. The second-order valence-electron chi connectivity index (χ2n) is 4.42. The van der Waals surface area contributed by atoms with Crippen molar-refractivity contribution in [2.75, 3.05) is 5.73 Å². The van der Waals surface area contributed by atoms with Gasteiger partial charge in [-0.25, -0.2) is 13.2 Å². The van der Waals surface area contributed by atoms with Crippen LogP contribution in [0.15, 0.2) is 30.5 Å². The van der Waals surface area contributed by atoms with E-state index >= 15 is 0 Å². The van der Waals surface area contributed by atoms with Crippen molar-refractivity contribution in [1.82, 2.24) is 4.98 Å². The van der Waals surface area contributed by atoms with E-state index in [0.29, 0.717) is 0 Å². The first-order valence-electron chi connectivity index (χ1n) is 5.88. The van der Waals surface area contributed by atoms with Gasteiger partial charge >= 0.3 is 0 Å². The quantitative estimate of drug-likeness (QED) is 0.850. The fourth-order valence-corrected chi connectivity index (χ4v) is 1.96. The number of benzene rings is 1. The van der Waals surface area contributed by atoms with Crippen LogP contribution in [-0.2, 0) is 0 Å². The van der Waals surface area contributed by atoms with Crippen LogP contribution < -0.4 is 5.73 Å². The summed E-state index contributed by atoms with van der Waals surface area (Å²) in [6, 6.07) is 5.45. The van der Waals surface area contributed by atoms with E-state index < -0.39 is 18.3 Å². The Morgan fingerprint density at radius 3 is 2.60 bits per heavy atom. The Morgan fingerprint density at radius 2 is 2.00 bits per heavy atom. The smallest absolute Gasteiger partial charge is 0.280 e. The maximum atomic E-state index is 13.4. The van der Waals surface area contributed by atoms with Crippen LogP contribution in [0.25, 0.3) is 0 Å². The van der Waals surface area contributed by atoms with Gasteiger partial charge in [0.1, 0.15) is 17.6 Å². The number of nitrogens with two attached hydrogens (primary N) is 1. The number of para-hydroxylation sites is 1. The molecule has 3 N–H and O–H groups in total. The maximum Gasteiger partial charge on any atom is 0.280 e. The molecule has 1 aromatic heterocycles. The van der Waals surface area contributed by atoms with Gasteiger partial charge in [-0.1, -0.05) is 12.1 Å². The fourth-order valence-electron chi connectivity index (χ4n) is 1.96. The van der Waals surface area contributed by atoms with Crippen molar-refractivity contribution in [1.29, 1.82) is 0 Å². The Hall–Kier alpha value is -2.08. The van der Waals surface area contributed by atoms with Gasteiger partial charge < -0.3 is 10.8 Å². The van der Waals surface area contributed by atoms with E-state index in [1.807, 2.05) is 0 Å². The maximum absolute atomic E-state index is 13.4. The molecule has 0 amide bonds. The first kappa shape index (κ1) is 14.3. The van der Waals surface area contributed by atoms with Crippen molar-refractivity contribution in [2.24, 2.45) is 0 Å². The summed E-state index contributed by atoms with van der Waals surface area (Å²) >= 11 is 0. The third-order valence-corrected chi connectivity index (χ3v) is 3.04. The van der Waals surface area contributed by atoms with Crippen LogP contribution in [0, 0.1) is 12.7 Å². The average molecular weight is 282 g/mol. The molecule has 1 aromatic carbocycles. The molecule has 0 saturated heterocycles. The summed E-state index contributed by atoms with van der Waals surface area (Å²) in [5.41, 5.74) is 5.77. The van der Waals surface area contributed by atoms with E-state index in [9.17, 15) is 18.3 Å². The van der Waals surface area contributed by atoms with Gasteiger partial charge in [0.2, 0.25) is 0 Å². The normalized spacial score (nSPS) is 12.7. The van der Waals surface area contributed by atoms with E-state index in [4.69, 9.17) is 5.73 Å². The van der Waals surface area contributed by atoms with E-state index in [1.165, 1.54) is 31.2 Å². The number of alkyl halides is 2. The largest absolute Gasteiger partial charge is 0.396 e. The van der Waals surface area contributed by atoms with Crippen LogP contribution in [0.1, 0.15) is 34.9 Å². The predicted molar refractivity (Wildman–Crippen MR) is 68.8 cm³/mol. The summed E-state index contributed by atoms with van der Waals surface area (Å²) < 4.78 is 38.6. The van der Waals surface area contributed by atoms with Gasteiger partial charge in [-0.15, -0.1) is 0 Å². The number of halogens is 3. The fraction of sp³-hybridized carbons (Fsp3) is 0.214. The van der Waals surface area contributed by atoms with Crippen LogP contribution in [-0.4, -0.2) is 10.1 Å². The number of pyridine rings is 1. The molecule has 2 rings (SSSR count). The van der Waals surface area contributed by atoms with Gasteiger partial charge in [0.05, 0.1) is 5.69 Å². The Bertz CT molecular complexity index is 632. The topological polar surface area (TPSA) is 59.1 Å². The number of anilines is 1. The van der Waals surface area contributed by atoms with Gasteiger partial charge in [0.25, 0.3) is 6.43 Å². The molecule has 3 nitrogen and oxygen atoms in total. The van der Waals surface area contributed by atoms with Gasteiger partial charge in [0.15, 0.2) is 0 Å². The molecular weight excluding hydrogens is 269 g/mol. The molecule has 20 heavy (non-hydrogen) atoms. The van der Waals surface area contributed by atoms with Crippen molar-refractivity contribution in [3.05, 3.63) is 58.7 Å². The van der Waals surface area contributed by atoms with Gasteiger partial charge in [-0.3, -0.25) is 4.98 Å². The van der Waals surface area contributed by atoms with Crippen molar-refractivity contribution >= 4 is 5.69 Å². The minimum atomic E-state index is -2.68. The number of hydrogen-bond acceptors (Lipinski definition) is 3. The number of rotatable bonds is 3. The second kappa shape index (κ2) is 5.50. The molecular formula is C14H13F3N2O. The molecule has 0 radical (unpaired) electrons. The number of aliphatic hydroxyl groups excluding tert-OH is 1. The van der Waals surface area contributed by atoms with Crippen molar-refractivity contribution < 1.29 is 18.3 Å². The summed E-state index contributed by atoms with van der Waals surface area (Å²) in [4.78, 5) is 3.63. The van der Waals surface area contributed by atoms with E-state index in [2.05, 4.69) is 4.98 Å². The van der Waals surface area contributed by atoms with E-state index in [0.717, 1.165) is 6.20 Å². The lowest BCUT2D eigenvalue weighted by Crippen LogP contribution is -2.07. The molecule has 2 aromatic rings. The molecule has 0 aliphatic rings. The lowest BCUT2D eigenvalue weighted by molar-refractivity contribution is 0.145. The molecule has 0 bridgehead atoms. The Morgan fingerprint density at radius 1 is 1.30 bits per heavy atom. The van der Waals surface area contributed by atoms with Crippen molar-refractivity contribution in [3.63, 3.8) is 0 Å². The third kappa shape index (κ3) is 2.60. The second-order valence-corrected chi connectivity index (χ2v) is 4.42. The van der Waals surface area contributed by atoms with Gasteiger partial charge in [-0.2, -0.15) is 0 Å². The minimum Gasteiger partial charge on any atom is -0.396 e. The molecule has 1 heterocycles. The van der Waals surface area contributed by atoms with Crippen LogP contribution in [0.5, 0.6) is 0 Å². The molecule has 0 saturated carbocycles. The van der Waals surface area contributed by atoms with E-state index in [-0.39, 0.29) is 28.1 Å². The zero-order valence-electron chi connectivity index (χ0n) is 10.6. The monoisotopic (exact) mass is 282 g/mol. The number of hydrogen-bond donors (Lipinski definition) is 2. The number of aliphatic hydroxyl groups is 1. The van der Waals surface area contributed by atoms with Crippen molar-refractivity contribution in [2.45, 2.75) is 19.5 Å². The summed E-state index contributed by atoms with van der Waals surface area (Å²) in [5, 5.41) is 10.2. The summed E-state index contributed by atoms with van der Waals surface area (Å²) in [5.74, 6) is -0.643. The number of nitrogens with zero attached hydrogens (tertiary/aromatic N) is 1. The number of nitrogen functional groups attached to an aromatic ring is 1. The predicted octanol–water partition coefficient (Wildman–Crippen LogP) is 3.13.